The van der Waals surface area contributed by atoms with E-state index >= 15 is 0 Å². The zero-order valence-electron chi connectivity index (χ0n) is 17.6. The van der Waals surface area contributed by atoms with Crippen LogP contribution in [0.15, 0.2) is 0 Å². The molecule has 25 heavy (non-hydrogen) atoms. The average molecular weight is 357 g/mol. The molecular formula is C24H49F. The van der Waals surface area contributed by atoms with Gasteiger partial charge in [0, 0.05) is 0 Å². The number of rotatable bonds is 22. The SMILES string of the molecule is CCCCCCCCCCCCCCCCCCCCCCCCF. The van der Waals surface area contributed by atoms with Crippen LogP contribution in [0.3, 0.4) is 0 Å². The van der Waals surface area contributed by atoms with Crippen LogP contribution in [-0.2, 0) is 0 Å². The molecule has 0 atom stereocenters. The molecular weight excluding hydrogens is 307 g/mol. The molecule has 0 aliphatic heterocycles. The Morgan fingerprint density at radius 2 is 0.520 bits per heavy atom. The third kappa shape index (κ3) is 23.9. The number of halogens is 1. The van der Waals surface area contributed by atoms with Gasteiger partial charge >= 0.3 is 0 Å². The number of hydrogen-bond donors (Lipinski definition) is 0. The van der Waals surface area contributed by atoms with Crippen LogP contribution in [0.2, 0.25) is 0 Å². The summed E-state index contributed by atoms with van der Waals surface area (Å²) in [7, 11) is 0. The van der Waals surface area contributed by atoms with Crippen LogP contribution < -0.4 is 0 Å². The summed E-state index contributed by atoms with van der Waals surface area (Å²) in [6.45, 7) is 2.17. The van der Waals surface area contributed by atoms with Gasteiger partial charge in [0.25, 0.3) is 0 Å². The van der Waals surface area contributed by atoms with Crippen molar-refractivity contribution in [3.63, 3.8) is 0 Å². The van der Waals surface area contributed by atoms with Gasteiger partial charge in [-0.2, -0.15) is 0 Å². The summed E-state index contributed by atoms with van der Waals surface area (Å²) in [4.78, 5) is 0. The molecule has 0 rings (SSSR count). The van der Waals surface area contributed by atoms with Crippen LogP contribution in [0.5, 0.6) is 0 Å². The van der Waals surface area contributed by atoms with E-state index in [9.17, 15) is 4.39 Å². The normalized spacial score (nSPS) is 11.3. The third-order valence-electron chi connectivity index (χ3n) is 5.49. The van der Waals surface area contributed by atoms with Crippen LogP contribution in [0.1, 0.15) is 148 Å². The molecule has 0 radical (unpaired) electrons. The van der Waals surface area contributed by atoms with Crippen molar-refractivity contribution in [1.29, 1.82) is 0 Å². The van der Waals surface area contributed by atoms with E-state index in [1.165, 1.54) is 128 Å². The average Bonchev–Trinajstić information content (AvgIpc) is 2.63. The second-order valence-corrected chi connectivity index (χ2v) is 8.11. The van der Waals surface area contributed by atoms with Gasteiger partial charge in [-0.15, -0.1) is 0 Å². The monoisotopic (exact) mass is 356 g/mol. The fraction of sp³-hybridized carbons (Fsp3) is 1.00. The summed E-state index contributed by atoms with van der Waals surface area (Å²) in [5.41, 5.74) is 0. The van der Waals surface area contributed by atoms with Gasteiger partial charge in [-0.3, -0.25) is 4.39 Å². The maximum atomic E-state index is 11.9. The van der Waals surface area contributed by atoms with Crippen molar-refractivity contribution in [3.8, 4) is 0 Å². The lowest BCUT2D eigenvalue weighted by atomic mass is 10.0. The molecule has 0 aliphatic rings. The minimum Gasteiger partial charge on any atom is -0.251 e. The summed E-state index contributed by atoms with van der Waals surface area (Å²) in [6, 6.07) is 0. The quantitative estimate of drug-likeness (QED) is 0.169. The van der Waals surface area contributed by atoms with Crippen molar-refractivity contribution in [3.05, 3.63) is 0 Å². The third-order valence-corrected chi connectivity index (χ3v) is 5.49. The second-order valence-electron chi connectivity index (χ2n) is 8.11. The van der Waals surface area contributed by atoms with E-state index in [2.05, 4.69) is 6.92 Å². The Balaban J connectivity index is 2.94. The molecule has 0 N–H and O–H groups in total. The first-order chi connectivity index (χ1) is 12.4. The number of unbranched alkanes of at least 4 members (excludes halogenated alkanes) is 21. The second kappa shape index (κ2) is 23.9. The molecule has 0 aliphatic carbocycles. The van der Waals surface area contributed by atoms with Gasteiger partial charge in [-0.05, 0) is 6.42 Å². The van der Waals surface area contributed by atoms with E-state index < -0.39 is 0 Å². The Labute approximate surface area is 159 Å². The molecule has 0 amide bonds. The van der Waals surface area contributed by atoms with E-state index in [4.69, 9.17) is 0 Å². The minimum absolute atomic E-state index is 0.126. The highest BCUT2D eigenvalue weighted by Gasteiger charge is 1.95. The van der Waals surface area contributed by atoms with E-state index in [-0.39, 0.29) is 6.67 Å². The molecule has 0 saturated carbocycles. The Hall–Kier alpha value is -0.0700. The summed E-state index contributed by atoms with van der Waals surface area (Å²) in [6.07, 6.45) is 30.4. The molecule has 0 aromatic carbocycles. The predicted octanol–water partition coefficient (Wildman–Crippen LogP) is 9.56. The fourth-order valence-electron chi connectivity index (χ4n) is 3.70. The Kier molecular flexibility index (Phi) is 23.9. The fourth-order valence-corrected chi connectivity index (χ4v) is 3.70. The van der Waals surface area contributed by atoms with Crippen LogP contribution in [0, 0.1) is 0 Å². The van der Waals surface area contributed by atoms with Crippen molar-refractivity contribution in [2.45, 2.75) is 148 Å². The van der Waals surface area contributed by atoms with Crippen LogP contribution >= 0.6 is 0 Å². The molecule has 0 heterocycles. The van der Waals surface area contributed by atoms with Crippen molar-refractivity contribution in [1.82, 2.24) is 0 Å². The summed E-state index contributed by atoms with van der Waals surface area (Å²) in [5.74, 6) is 0. The smallest absolute Gasteiger partial charge is 0.0894 e. The lowest BCUT2D eigenvalue weighted by molar-refractivity contribution is 0.448. The maximum absolute atomic E-state index is 11.9. The molecule has 0 aromatic rings. The van der Waals surface area contributed by atoms with Gasteiger partial charge in [0.15, 0.2) is 0 Å². The van der Waals surface area contributed by atoms with Gasteiger partial charge in [-0.25, -0.2) is 0 Å². The summed E-state index contributed by atoms with van der Waals surface area (Å²) < 4.78 is 11.9. The van der Waals surface area contributed by atoms with Gasteiger partial charge < -0.3 is 0 Å². The molecule has 1 heteroatoms. The number of alkyl halides is 1. The molecule has 0 bridgehead atoms. The first kappa shape index (κ1) is 24.9. The van der Waals surface area contributed by atoms with Gasteiger partial charge in [0.1, 0.15) is 0 Å². The first-order valence-electron chi connectivity index (χ1n) is 12.0. The topological polar surface area (TPSA) is 0 Å². The Morgan fingerprint density at radius 1 is 0.320 bits per heavy atom. The molecule has 0 nitrogen and oxygen atoms in total. The van der Waals surface area contributed by atoms with E-state index in [0.29, 0.717) is 0 Å². The van der Waals surface area contributed by atoms with E-state index in [0.717, 1.165) is 12.8 Å². The van der Waals surface area contributed by atoms with Crippen molar-refractivity contribution in [2.24, 2.45) is 0 Å². The lowest BCUT2D eigenvalue weighted by Gasteiger charge is -2.04. The van der Waals surface area contributed by atoms with Crippen molar-refractivity contribution < 1.29 is 4.39 Å². The van der Waals surface area contributed by atoms with Crippen LogP contribution in [0.25, 0.3) is 0 Å². The first-order valence-corrected chi connectivity index (χ1v) is 12.0. The minimum atomic E-state index is -0.126. The highest BCUT2D eigenvalue weighted by Crippen LogP contribution is 2.15. The molecule has 0 aromatic heterocycles. The Morgan fingerprint density at radius 3 is 0.720 bits per heavy atom. The zero-order valence-corrected chi connectivity index (χ0v) is 17.6. The van der Waals surface area contributed by atoms with Crippen molar-refractivity contribution >= 4 is 0 Å². The number of hydrogen-bond acceptors (Lipinski definition) is 0. The van der Waals surface area contributed by atoms with Crippen molar-refractivity contribution in [2.75, 3.05) is 6.67 Å². The Bertz CT molecular complexity index is 192. The molecule has 0 spiro atoms. The zero-order chi connectivity index (χ0) is 18.3. The molecule has 0 fully saturated rings. The van der Waals surface area contributed by atoms with Crippen LogP contribution in [-0.4, -0.2) is 6.67 Å². The van der Waals surface area contributed by atoms with E-state index in [1.54, 1.807) is 0 Å². The van der Waals surface area contributed by atoms with Gasteiger partial charge in [0.2, 0.25) is 0 Å². The molecule has 0 unspecified atom stereocenters. The lowest BCUT2D eigenvalue weighted by Crippen LogP contribution is -1.84. The largest absolute Gasteiger partial charge is 0.251 e. The molecule has 0 saturated heterocycles. The highest BCUT2D eigenvalue weighted by atomic mass is 19.1. The molecule has 152 valence electrons. The predicted molar refractivity (Wildman–Crippen MR) is 113 cm³/mol. The van der Waals surface area contributed by atoms with Gasteiger partial charge in [0.05, 0.1) is 6.67 Å². The summed E-state index contributed by atoms with van der Waals surface area (Å²) in [5, 5.41) is 0. The van der Waals surface area contributed by atoms with Crippen LogP contribution in [0.4, 0.5) is 4.39 Å². The highest BCUT2D eigenvalue weighted by molar-refractivity contribution is 4.51. The maximum Gasteiger partial charge on any atom is 0.0894 e. The van der Waals surface area contributed by atoms with Gasteiger partial charge in [-0.1, -0.05) is 142 Å². The standard InChI is InChI=1S/C24H49F/c1-2-3-4-5-6-7-8-9-10-11-12-13-14-15-16-17-18-19-20-21-22-23-24-25/h2-24H2,1H3. The van der Waals surface area contributed by atoms with E-state index in [1.807, 2.05) is 0 Å². The summed E-state index contributed by atoms with van der Waals surface area (Å²) >= 11 is 0.